The summed E-state index contributed by atoms with van der Waals surface area (Å²) in [5, 5.41) is 3.03. The van der Waals surface area contributed by atoms with Gasteiger partial charge >= 0.3 is 0 Å². The minimum absolute atomic E-state index is 0.818. The molecule has 0 aliphatic rings. The van der Waals surface area contributed by atoms with Crippen molar-refractivity contribution >= 4 is 27.3 Å². The number of hydrogen-bond acceptors (Lipinski definition) is 4. The summed E-state index contributed by atoms with van der Waals surface area (Å²) in [5.41, 5.74) is 2.35. The molecule has 0 radical (unpaired) electrons. The van der Waals surface area contributed by atoms with Crippen LogP contribution in [0.3, 0.4) is 0 Å². The third-order valence-electron chi connectivity index (χ3n) is 3.11. The lowest BCUT2D eigenvalue weighted by Gasteiger charge is -2.16. The molecule has 3 nitrogen and oxygen atoms in total. The van der Waals surface area contributed by atoms with Gasteiger partial charge in [0.05, 0.1) is 12.0 Å². The van der Waals surface area contributed by atoms with Gasteiger partial charge in [-0.2, -0.15) is 0 Å². The van der Waals surface area contributed by atoms with Crippen molar-refractivity contribution in [2.24, 2.45) is 0 Å². The Morgan fingerprint density at radius 2 is 2.05 bits per heavy atom. The maximum atomic E-state index is 5.38. The predicted octanol–water partition coefficient (Wildman–Crippen LogP) is 4.80. The monoisotopic (exact) mass is 362 g/mol. The van der Waals surface area contributed by atoms with Gasteiger partial charge < -0.3 is 4.42 Å². The van der Waals surface area contributed by atoms with E-state index in [1.807, 2.05) is 18.2 Å². The average Bonchev–Trinajstić information content (AvgIpc) is 3.12. The second kappa shape index (κ2) is 6.56. The summed E-state index contributed by atoms with van der Waals surface area (Å²) in [6.07, 6.45) is 1.68. The summed E-state index contributed by atoms with van der Waals surface area (Å²) in [6, 6.07) is 12.1. The van der Waals surface area contributed by atoms with Gasteiger partial charge in [0.1, 0.15) is 0 Å². The molecule has 108 valence electrons. The summed E-state index contributed by atoms with van der Waals surface area (Å²) in [4.78, 5) is 6.88. The van der Waals surface area contributed by atoms with E-state index in [-0.39, 0.29) is 0 Å². The van der Waals surface area contributed by atoms with Crippen LogP contribution in [0.1, 0.15) is 11.3 Å². The van der Waals surface area contributed by atoms with Gasteiger partial charge in [0.2, 0.25) is 0 Å². The van der Waals surface area contributed by atoms with Crippen LogP contribution in [0.4, 0.5) is 0 Å². The fraction of sp³-hybridized carbons (Fsp3) is 0.188. The van der Waals surface area contributed by atoms with Gasteiger partial charge in [-0.05, 0) is 30.8 Å². The number of aromatic nitrogens is 1. The smallest absolute Gasteiger partial charge is 0.162 e. The number of thiazole rings is 1. The van der Waals surface area contributed by atoms with Crippen molar-refractivity contribution in [2.45, 2.75) is 13.1 Å². The van der Waals surface area contributed by atoms with Crippen LogP contribution in [-0.2, 0) is 13.1 Å². The maximum Gasteiger partial charge on any atom is 0.162 e. The van der Waals surface area contributed by atoms with Gasteiger partial charge in [0.25, 0.3) is 0 Å². The van der Waals surface area contributed by atoms with E-state index in [4.69, 9.17) is 4.42 Å². The number of hydrogen-bond donors (Lipinski definition) is 0. The molecule has 1 aromatic carbocycles. The van der Waals surface area contributed by atoms with Gasteiger partial charge in [0.15, 0.2) is 10.8 Å². The quantitative estimate of drug-likeness (QED) is 0.652. The molecule has 0 saturated heterocycles. The van der Waals surface area contributed by atoms with Crippen LogP contribution in [0, 0.1) is 0 Å². The third kappa shape index (κ3) is 3.61. The molecular formula is C16H15BrN2OS. The molecular weight excluding hydrogens is 348 g/mol. The summed E-state index contributed by atoms with van der Waals surface area (Å²) in [7, 11) is 2.10. The standard InChI is InChI=1S/C16H15BrN2OS/c1-19(9-12-5-2-3-6-14(12)17)10-13-11-21-16(18-13)15-7-4-8-20-15/h2-8,11H,9-10H2,1H3. The summed E-state index contributed by atoms with van der Waals surface area (Å²) >= 11 is 5.21. The van der Waals surface area contributed by atoms with Crippen molar-refractivity contribution in [2.75, 3.05) is 7.05 Å². The molecule has 0 spiro atoms. The van der Waals surface area contributed by atoms with Crippen molar-refractivity contribution in [1.82, 2.24) is 9.88 Å². The van der Waals surface area contributed by atoms with Crippen molar-refractivity contribution in [3.05, 3.63) is 63.8 Å². The van der Waals surface area contributed by atoms with Crippen molar-refractivity contribution in [3.8, 4) is 10.8 Å². The van der Waals surface area contributed by atoms with Gasteiger partial charge in [-0.3, -0.25) is 4.90 Å². The topological polar surface area (TPSA) is 29.3 Å². The average molecular weight is 363 g/mol. The number of benzene rings is 1. The normalized spacial score (nSPS) is 11.2. The molecule has 5 heteroatoms. The Morgan fingerprint density at radius 1 is 1.19 bits per heavy atom. The molecule has 2 aromatic heterocycles. The molecule has 3 rings (SSSR count). The maximum absolute atomic E-state index is 5.38. The molecule has 0 amide bonds. The zero-order chi connectivity index (χ0) is 14.7. The minimum atomic E-state index is 0.818. The van der Waals surface area contributed by atoms with Gasteiger partial charge in [0, 0.05) is 22.9 Å². The molecule has 3 aromatic rings. The second-order valence-corrected chi connectivity index (χ2v) is 6.60. The van der Waals surface area contributed by atoms with E-state index in [1.165, 1.54) is 5.56 Å². The first-order valence-corrected chi connectivity index (χ1v) is 8.30. The number of nitrogens with zero attached hydrogens (tertiary/aromatic N) is 2. The zero-order valence-corrected chi connectivity index (χ0v) is 14.0. The molecule has 0 aliphatic heterocycles. The Kier molecular flexibility index (Phi) is 4.53. The predicted molar refractivity (Wildman–Crippen MR) is 89.1 cm³/mol. The Morgan fingerprint density at radius 3 is 2.81 bits per heavy atom. The van der Waals surface area contributed by atoms with Crippen LogP contribution in [0.25, 0.3) is 10.8 Å². The van der Waals surface area contributed by atoms with Crippen LogP contribution < -0.4 is 0 Å². The first-order chi connectivity index (χ1) is 10.2. The highest BCUT2D eigenvalue weighted by Gasteiger charge is 2.10. The van der Waals surface area contributed by atoms with Crippen LogP contribution in [-0.4, -0.2) is 16.9 Å². The van der Waals surface area contributed by atoms with Gasteiger partial charge in [-0.1, -0.05) is 34.1 Å². The van der Waals surface area contributed by atoms with E-state index in [2.05, 4.69) is 56.4 Å². The van der Waals surface area contributed by atoms with E-state index < -0.39 is 0 Å². The Labute approximate surface area is 136 Å². The van der Waals surface area contributed by atoms with Crippen LogP contribution in [0.15, 0.2) is 56.9 Å². The lowest BCUT2D eigenvalue weighted by atomic mass is 10.2. The van der Waals surface area contributed by atoms with Crippen molar-refractivity contribution in [1.29, 1.82) is 0 Å². The largest absolute Gasteiger partial charge is 0.462 e. The van der Waals surface area contributed by atoms with E-state index in [9.17, 15) is 0 Å². The number of furan rings is 1. The molecule has 0 N–H and O–H groups in total. The molecule has 0 saturated carbocycles. The first kappa shape index (κ1) is 14.5. The lowest BCUT2D eigenvalue weighted by molar-refractivity contribution is 0.315. The Hall–Kier alpha value is -1.43. The SMILES string of the molecule is CN(Cc1csc(-c2ccco2)n1)Cc1ccccc1Br. The highest BCUT2D eigenvalue weighted by Crippen LogP contribution is 2.25. The molecule has 0 bridgehead atoms. The first-order valence-electron chi connectivity index (χ1n) is 6.62. The summed E-state index contributed by atoms with van der Waals surface area (Å²) in [5.74, 6) is 0.833. The van der Waals surface area contributed by atoms with Crippen molar-refractivity contribution in [3.63, 3.8) is 0 Å². The van der Waals surface area contributed by atoms with Gasteiger partial charge in [-0.15, -0.1) is 11.3 Å². The summed E-state index contributed by atoms with van der Waals surface area (Å²) < 4.78 is 6.52. The van der Waals surface area contributed by atoms with Crippen molar-refractivity contribution < 1.29 is 4.42 Å². The van der Waals surface area contributed by atoms with E-state index >= 15 is 0 Å². The molecule has 0 atom stereocenters. The third-order valence-corrected chi connectivity index (χ3v) is 4.79. The highest BCUT2D eigenvalue weighted by molar-refractivity contribution is 9.10. The van der Waals surface area contributed by atoms with Crippen LogP contribution in [0.5, 0.6) is 0 Å². The Bertz CT molecular complexity index is 709. The van der Waals surface area contributed by atoms with E-state index in [0.29, 0.717) is 0 Å². The van der Waals surface area contributed by atoms with Crippen LogP contribution in [0.2, 0.25) is 0 Å². The fourth-order valence-corrected chi connectivity index (χ4v) is 3.33. The molecule has 0 aliphatic carbocycles. The minimum Gasteiger partial charge on any atom is -0.462 e. The number of halogens is 1. The fourth-order valence-electron chi connectivity index (χ4n) is 2.14. The molecule has 21 heavy (non-hydrogen) atoms. The van der Waals surface area contributed by atoms with E-state index in [1.54, 1.807) is 17.6 Å². The van der Waals surface area contributed by atoms with Crippen LogP contribution >= 0.6 is 27.3 Å². The number of rotatable bonds is 5. The second-order valence-electron chi connectivity index (χ2n) is 4.88. The molecule has 0 unspecified atom stereocenters. The lowest BCUT2D eigenvalue weighted by Crippen LogP contribution is -2.17. The summed E-state index contributed by atoms with van der Waals surface area (Å²) in [6.45, 7) is 1.70. The van der Waals surface area contributed by atoms with E-state index in [0.717, 1.165) is 34.0 Å². The highest BCUT2D eigenvalue weighted by atomic mass is 79.9. The zero-order valence-electron chi connectivity index (χ0n) is 11.6. The molecule has 2 heterocycles. The Balaban J connectivity index is 1.65. The molecule has 0 fully saturated rings. The van der Waals surface area contributed by atoms with Gasteiger partial charge in [-0.25, -0.2) is 4.98 Å².